The number of amides is 1. The molecule has 1 saturated heterocycles. The van der Waals surface area contributed by atoms with E-state index >= 15 is 0 Å². The highest BCUT2D eigenvalue weighted by molar-refractivity contribution is 7.09. The third-order valence-electron chi connectivity index (χ3n) is 4.46. The minimum atomic E-state index is -0.727. The first-order valence-electron chi connectivity index (χ1n) is 7.98. The van der Waals surface area contributed by atoms with Crippen LogP contribution in [0.2, 0.25) is 0 Å². The SMILES string of the molecule is Cc1csc([C@H]2CN(CC(=O)N[C@@](C)(C#N)C3CC3)CCO2)n1. The van der Waals surface area contributed by atoms with Gasteiger partial charge >= 0.3 is 0 Å². The lowest BCUT2D eigenvalue weighted by molar-refractivity contribution is -0.125. The van der Waals surface area contributed by atoms with Crippen molar-refractivity contribution in [3.63, 3.8) is 0 Å². The number of ether oxygens (including phenoxy) is 1. The van der Waals surface area contributed by atoms with Crippen LogP contribution in [0.4, 0.5) is 0 Å². The van der Waals surface area contributed by atoms with Gasteiger partial charge in [0.25, 0.3) is 0 Å². The molecule has 0 radical (unpaired) electrons. The van der Waals surface area contributed by atoms with Crippen LogP contribution in [0.1, 0.15) is 36.6 Å². The van der Waals surface area contributed by atoms with Crippen molar-refractivity contribution >= 4 is 17.2 Å². The van der Waals surface area contributed by atoms with Gasteiger partial charge in [-0.25, -0.2) is 4.98 Å². The van der Waals surface area contributed by atoms with Crippen molar-refractivity contribution < 1.29 is 9.53 Å². The number of nitrogens with one attached hydrogen (secondary N) is 1. The number of aryl methyl sites for hydroxylation is 1. The third-order valence-corrected chi connectivity index (χ3v) is 5.51. The Balaban J connectivity index is 1.55. The van der Waals surface area contributed by atoms with Gasteiger partial charge in [-0.2, -0.15) is 5.26 Å². The van der Waals surface area contributed by atoms with Gasteiger partial charge in [0.05, 0.1) is 19.2 Å². The molecule has 1 aromatic heterocycles. The highest BCUT2D eigenvalue weighted by Crippen LogP contribution is 2.39. The molecule has 1 aromatic rings. The highest BCUT2D eigenvalue weighted by atomic mass is 32.1. The maximum atomic E-state index is 12.3. The van der Waals surface area contributed by atoms with Crippen molar-refractivity contribution in [3.05, 3.63) is 16.1 Å². The Morgan fingerprint density at radius 2 is 2.43 bits per heavy atom. The van der Waals surface area contributed by atoms with Gasteiger partial charge < -0.3 is 10.1 Å². The maximum Gasteiger partial charge on any atom is 0.235 e. The molecule has 0 unspecified atom stereocenters. The molecule has 23 heavy (non-hydrogen) atoms. The van der Waals surface area contributed by atoms with E-state index < -0.39 is 5.54 Å². The number of nitriles is 1. The van der Waals surface area contributed by atoms with E-state index in [1.165, 1.54) is 0 Å². The van der Waals surface area contributed by atoms with Crippen LogP contribution in [0.25, 0.3) is 0 Å². The van der Waals surface area contributed by atoms with Crippen LogP contribution >= 0.6 is 11.3 Å². The van der Waals surface area contributed by atoms with Gasteiger partial charge in [0.15, 0.2) is 0 Å². The summed E-state index contributed by atoms with van der Waals surface area (Å²) >= 11 is 1.60. The van der Waals surface area contributed by atoms with Crippen molar-refractivity contribution in [1.82, 2.24) is 15.2 Å². The lowest BCUT2D eigenvalue weighted by Crippen LogP contribution is -2.51. The second-order valence-electron chi connectivity index (χ2n) is 6.56. The zero-order chi connectivity index (χ0) is 16.4. The first-order valence-corrected chi connectivity index (χ1v) is 8.86. The summed E-state index contributed by atoms with van der Waals surface area (Å²) in [6, 6.07) is 2.26. The van der Waals surface area contributed by atoms with Gasteiger partial charge in [-0.1, -0.05) is 0 Å². The van der Waals surface area contributed by atoms with Crippen molar-refractivity contribution in [1.29, 1.82) is 5.26 Å². The standard InChI is InChI=1S/C16H22N4O2S/c1-11-9-23-15(18-11)13-7-20(5-6-22-13)8-14(21)19-16(2,10-17)12-3-4-12/h9,12-13H,3-8H2,1-2H3,(H,19,21)/t13-,16+/m1/s1. The van der Waals surface area contributed by atoms with E-state index in [1.807, 2.05) is 19.2 Å². The number of rotatable bonds is 5. The van der Waals surface area contributed by atoms with Crippen LogP contribution < -0.4 is 5.32 Å². The van der Waals surface area contributed by atoms with Crippen molar-refractivity contribution in [2.24, 2.45) is 5.92 Å². The molecule has 0 spiro atoms. The molecule has 2 aliphatic rings. The van der Waals surface area contributed by atoms with Crippen molar-refractivity contribution in [2.75, 3.05) is 26.2 Å². The number of morpholine rings is 1. The van der Waals surface area contributed by atoms with Crippen LogP contribution in [-0.4, -0.2) is 47.6 Å². The van der Waals surface area contributed by atoms with Crippen LogP contribution in [0.3, 0.4) is 0 Å². The lowest BCUT2D eigenvalue weighted by atomic mass is 9.98. The Hall–Kier alpha value is -1.49. The zero-order valence-electron chi connectivity index (χ0n) is 13.5. The number of thiazole rings is 1. The Morgan fingerprint density at radius 1 is 1.65 bits per heavy atom. The molecule has 1 amide bonds. The van der Waals surface area contributed by atoms with Gasteiger partial charge in [-0.3, -0.25) is 9.69 Å². The van der Waals surface area contributed by atoms with Gasteiger partial charge in [0.2, 0.25) is 5.91 Å². The lowest BCUT2D eigenvalue weighted by Gasteiger charge is -2.32. The smallest absolute Gasteiger partial charge is 0.235 e. The Labute approximate surface area is 140 Å². The minimum absolute atomic E-state index is 0.0685. The predicted octanol–water partition coefficient (Wildman–Crippen LogP) is 1.63. The largest absolute Gasteiger partial charge is 0.368 e. The van der Waals surface area contributed by atoms with Crippen LogP contribution in [-0.2, 0) is 9.53 Å². The first kappa shape index (κ1) is 16.4. The third kappa shape index (κ3) is 3.89. The van der Waals surface area contributed by atoms with Gasteiger partial charge in [-0.15, -0.1) is 11.3 Å². The summed E-state index contributed by atoms with van der Waals surface area (Å²) in [5.74, 6) is 0.212. The number of hydrogen-bond donors (Lipinski definition) is 1. The molecule has 1 aliphatic carbocycles. The average Bonchev–Trinajstić information content (AvgIpc) is 3.30. The summed E-state index contributed by atoms with van der Waals surface area (Å²) in [5, 5.41) is 15.2. The molecule has 1 saturated carbocycles. The van der Waals surface area contributed by atoms with E-state index in [2.05, 4.69) is 21.3 Å². The summed E-state index contributed by atoms with van der Waals surface area (Å²) in [6.07, 6.45) is 1.97. The molecule has 3 rings (SSSR count). The van der Waals surface area contributed by atoms with E-state index in [-0.39, 0.29) is 12.0 Å². The molecule has 0 bridgehead atoms. The van der Waals surface area contributed by atoms with E-state index in [4.69, 9.17) is 4.74 Å². The van der Waals surface area contributed by atoms with Crippen LogP contribution in [0.5, 0.6) is 0 Å². The van der Waals surface area contributed by atoms with Crippen LogP contribution in [0.15, 0.2) is 5.38 Å². The fourth-order valence-corrected chi connectivity index (χ4v) is 3.76. The van der Waals surface area contributed by atoms with Crippen LogP contribution in [0, 0.1) is 24.2 Å². The fourth-order valence-electron chi connectivity index (χ4n) is 2.93. The molecule has 6 nitrogen and oxygen atoms in total. The minimum Gasteiger partial charge on any atom is -0.368 e. The van der Waals surface area contributed by atoms with Crippen molar-refractivity contribution in [2.45, 2.75) is 38.3 Å². The number of carbonyl (C=O) groups is 1. The number of aromatic nitrogens is 1. The quantitative estimate of drug-likeness (QED) is 0.885. The molecule has 124 valence electrons. The molecule has 2 atom stereocenters. The number of nitrogens with zero attached hydrogens (tertiary/aromatic N) is 3. The topological polar surface area (TPSA) is 78.2 Å². The molecule has 0 aromatic carbocycles. The fraction of sp³-hybridized carbons (Fsp3) is 0.688. The Kier molecular flexibility index (Phi) is 4.67. The summed E-state index contributed by atoms with van der Waals surface area (Å²) in [5.41, 5.74) is 0.271. The Morgan fingerprint density at radius 3 is 3.04 bits per heavy atom. The Bertz CT molecular complexity index is 622. The average molecular weight is 334 g/mol. The molecule has 1 N–H and O–H groups in total. The first-order chi connectivity index (χ1) is 11.0. The zero-order valence-corrected chi connectivity index (χ0v) is 14.4. The van der Waals surface area contributed by atoms with E-state index in [0.717, 1.165) is 30.1 Å². The molecular formula is C16H22N4O2S. The van der Waals surface area contributed by atoms with E-state index in [0.29, 0.717) is 25.6 Å². The summed E-state index contributed by atoms with van der Waals surface area (Å²) in [4.78, 5) is 18.9. The number of carbonyl (C=O) groups excluding carboxylic acids is 1. The van der Waals surface area contributed by atoms with Gasteiger partial charge in [0, 0.05) is 24.2 Å². The normalized spacial score (nSPS) is 24.7. The highest BCUT2D eigenvalue weighted by Gasteiger charge is 2.43. The maximum absolute atomic E-state index is 12.3. The molecule has 2 fully saturated rings. The number of hydrogen-bond acceptors (Lipinski definition) is 6. The van der Waals surface area contributed by atoms with Crippen molar-refractivity contribution in [3.8, 4) is 6.07 Å². The summed E-state index contributed by atoms with van der Waals surface area (Å²) < 4.78 is 5.78. The molecule has 7 heteroatoms. The van der Waals surface area contributed by atoms with Gasteiger partial charge in [-0.05, 0) is 32.6 Å². The van der Waals surface area contributed by atoms with Gasteiger partial charge in [0.1, 0.15) is 16.7 Å². The van der Waals surface area contributed by atoms with E-state index in [9.17, 15) is 10.1 Å². The second kappa shape index (κ2) is 6.56. The summed E-state index contributed by atoms with van der Waals surface area (Å²) in [6.45, 7) is 6.06. The second-order valence-corrected chi connectivity index (χ2v) is 7.45. The molecular weight excluding hydrogens is 312 g/mol. The monoisotopic (exact) mass is 334 g/mol. The molecule has 2 heterocycles. The summed E-state index contributed by atoms with van der Waals surface area (Å²) in [7, 11) is 0. The predicted molar refractivity (Wildman–Crippen MR) is 86.9 cm³/mol. The van der Waals surface area contributed by atoms with E-state index in [1.54, 1.807) is 11.3 Å². The molecule has 1 aliphatic heterocycles.